The van der Waals surface area contributed by atoms with Crippen LogP contribution in [0.15, 0.2) is 24.3 Å². The minimum Gasteiger partial charge on any atom is -0.329 e. The minimum atomic E-state index is 0.0480. The predicted molar refractivity (Wildman–Crippen MR) is 87.2 cm³/mol. The molecule has 0 heterocycles. The fraction of sp³-hybridized carbons (Fsp3) is 0.647. The number of nitrogens with zero attached hydrogens (tertiary/aromatic N) is 1. The summed E-state index contributed by atoms with van der Waals surface area (Å²) < 4.78 is 0. The molecular formula is C17H27ClN2. The maximum absolute atomic E-state index is 6.14. The molecule has 1 unspecified atom stereocenters. The highest BCUT2D eigenvalue weighted by Crippen LogP contribution is 2.33. The molecule has 1 saturated carbocycles. The standard InChI is InChI=1S/C17H27ClN2/c1-3-10-20(12-15-4-5-15)17(2,13-19)11-14-6-8-16(18)9-7-14/h6-9,15H,3-5,10-13,19H2,1-2H3. The summed E-state index contributed by atoms with van der Waals surface area (Å²) in [6.07, 6.45) is 4.96. The molecule has 2 nitrogen and oxygen atoms in total. The molecule has 0 radical (unpaired) electrons. The molecule has 2 rings (SSSR count). The zero-order valence-electron chi connectivity index (χ0n) is 12.7. The lowest BCUT2D eigenvalue weighted by Gasteiger charge is -2.41. The van der Waals surface area contributed by atoms with Crippen molar-refractivity contribution >= 4 is 11.6 Å². The summed E-state index contributed by atoms with van der Waals surface area (Å²) in [6, 6.07) is 8.19. The molecule has 0 amide bonds. The highest BCUT2D eigenvalue weighted by molar-refractivity contribution is 6.30. The van der Waals surface area contributed by atoms with Gasteiger partial charge >= 0.3 is 0 Å². The smallest absolute Gasteiger partial charge is 0.0406 e. The van der Waals surface area contributed by atoms with Crippen LogP contribution in [0, 0.1) is 5.92 Å². The van der Waals surface area contributed by atoms with Crippen LogP contribution in [0.25, 0.3) is 0 Å². The lowest BCUT2D eigenvalue weighted by atomic mass is 9.90. The fourth-order valence-corrected chi connectivity index (χ4v) is 2.94. The minimum absolute atomic E-state index is 0.0480. The molecule has 1 aromatic carbocycles. The predicted octanol–water partition coefficient (Wildman–Crippen LogP) is 3.72. The van der Waals surface area contributed by atoms with Gasteiger partial charge in [-0.25, -0.2) is 0 Å². The zero-order chi connectivity index (χ0) is 14.6. The number of halogens is 1. The van der Waals surface area contributed by atoms with Gasteiger partial charge in [-0.2, -0.15) is 0 Å². The van der Waals surface area contributed by atoms with Crippen LogP contribution in [0.5, 0.6) is 0 Å². The van der Waals surface area contributed by atoms with Gasteiger partial charge in [-0.1, -0.05) is 30.7 Å². The molecule has 1 aromatic rings. The monoisotopic (exact) mass is 294 g/mol. The second-order valence-electron chi connectivity index (χ2n) is 6.39. The van der Waals surface area contributed by atoms with E-state index >= 15 is 0 Å². The third-order valence-corrected chi connectivity index (χ3v) is 4.62. The van der Waals surface area contributed by atoms with Crippen molar-refractivity contribution in [3.8, 4) is 0 Å². The van der Waals surface area contributed by atoms with Crippen LogP contribution in [0.2, 0.25) is 5.02 Å². The Hall–Kier alpha value is -0.570. The number of hydrogen-bond acceptors (Lipinski definition) is 2. The Morgan fingerprint density at radius 1 is 1.30 bits per heavy atom. The van der Waals surface area contributed by atoms with Crippen molar-refractivity contribution in [1.29, 1.82) is 0 Å². The highest BCUT2D eigenvalue weighted by Gasteiger charge is 2.34. The second kappa shape index (κ2) is 6.93. The van der Waals surface area contributed by atoms with Crippen molar-refractivity contribution in [2.24, 2.45) is 11.7 Å². The van der Waals surface area contributed by atoms with Gasteiger partial charge in [0.25, 0.3) is 0 Å². The van der Waals surface area contributed by atoms with E-state index in [0.29, 0.717) is 6.54 Å². The third-order valence-electron chi connectivity index (χ3n) is 4.37. The molecule has 2 N–H and O–H groups in total. The molecule has 1 fully saturated rings. The molecular weight excluding hydrogens is 268 g/mol. The Balaban J connectivity index is 2.09. The summed E-state index contributed by atoms with van der Waals surface area (Å²) in [5.41, 5.74) is 7.51. The van der Waals surface area contributed by atoms with E-state index in [4.69, 9.17) is 17.3 Å². The summed E-state index contributed by atoms with van der Waals surface area (Å²) in [5.74, 6) is 0.901. The van der Waals surface area contributed by atoms with Gasteiger partial charge in [0, 0.05) is 23.7 Å². The van der Waals surface area contributed by atoms with Crippen molar-refractivity contribution in [2.75, 3.05) is 19.6 Å². The lowest BCUT2D eigenvalue weighted by Crippen LogP contribution is -2.54. The lowest BCUT2D eigenvalue weighted by molar-refractivity contribution is 0.104. The van der Waals surface area contributed by atoms with Gasteiger partial charge in [-0.15, -0.1) is 0 Å². The van der Waals surface area contributed by atoms with Crippen LogP contribution in [0.3, 0.4) is 0 Å². The van der Waals surface area contributed by atoms with Crippen molar-refractivity contribution < 1.29 is 0 Å². The summed E-state index contributed by atoms with van der Waals surface area (Å²) in [5, 5.41) is 0.798. The first-order chi connectivity index (χ1) is 9.57. The van der Waals surface area contributed by atoms with Gasteiger partial charge in [0.1, 0.15) is 0 Å². The normalized spacial score (nSPS) is 18.2. The molecule has 3 heteroatoms. The first-order valence-electron chi connectivity index (χ1n) is 7.77. The quantitative estimate of drug-likeness (QED) is 0.792. The van der Waals surface area contributed by atoms with Crippen LogP contribution in [0.4, 0.5) is 0 Å². The average molecular weight is 295 g/mol. The molecule has 0 saturated heterocycles. The van der Waals surface area contributed by atoms with Gasteiger partial charge in [0.05, 0.1) is 0 Å². The van der Waals surface area contributed by atoms with Crippen molar-refractivity contribution in [2.45, 2.75) is 45.1 Å². The van der Waals surface area contributed by atoms with E-state index in [1.54, 1.807) is 0 Å². The van der Waals surface area contributed by atoms with E-state index in [-0.39, 0.29) is 5.54 Å². The Bertz CT molecular complexity index is 414. The largest absolute Gasteiger partial charge is 0.329 e. The number of hydrogen-bond donors (Lipinski definition) is 1. The summed E-state index contributed by atoms with van der Waals surface area (Å²) in [6.45, 7) is 7.59. The maximum Gasteiger partial charge on any atom is 0.0406 e. The fourth-order valence-electron chi connectivity index (χ4n) is 2.82. The van der Waals surface area contributed by atoms with E-state index in [0.717, 1.165) is 23.9 Å². The van der Waals surface area contributed by atoms with E-state index in [1.165, 1.54) is 31.4 Å². The SMILES string of the molecule is CCCN(CC1CC1)C(C)(CN)Cc1ccc(Cl)cc1. The Kier molecular flexibility index (Phi) is 5.48. The van der Waals surface area contributed by atoms with Gasteiger partial charge in [-0.3, -0.25) is 4.90 Å². The van der Waals surface area contributed by atoms with E-state index < -0.39 is 0 Å². The molecule has 1 atom stereocenters. The van der Waals surface area contributed by atoms with Crippen LogP contribution in [0.1, 0.15) is 38.7 Å². The van der Waals surface area contributed by atoms with Crippen molar-refractivity contribution in [3.63, 3.8) is 0 Å². The van der Waals surface area contributed by atoms with Gasteiger partial charge < -0.3 is 5.73 Å². The summed E-state index contributed by atoms with van der Waals surface area (Å²) in [4.78, 5) is 2.61. The van der Waals surface area contributed by atoms with E-state index in [2.05, 4.69) is 30.9 Å². The first-order valence-corrected chi connectivity index (χ1v) is 8.15. The molecule has 0 aromatic heterocycles. The van der Waals surface area contributed by atoms with Crippen LogP contribution in [-0.2, 0) is 6.42 Å². The van der Waals surface area contributed by atoms with E-state index in [9.17, 15) is 0 Å². The average Bonchev–Trinajstić information content (AvgIpc) is 3.25. The highest BCUT2D eigenvalue weighted by atomic mass is 35.5. The Morgan fingerprint density at radius 2 is 1.95 bits per heavy atom. The van der Waals surface area contributed by atoms with Crippen molar-refractivity contribution in [1.82, 2.24) is 4.90 Å². The molecule has 112 valence electrons. The zero-order valence-corrected chi connectivity index (χ0v) is 13.5. The van der Waals surface area contributed by atoms with Crippen molar-refractivity contribution in [3.05, 3.63) is 34.9 Å². The van der Waals surface area contributed by atoms with Gasteiger partial charge in [-0.05, 0) is 62.8 Å². The molecule has 1 aliphatic rings. The van der Waals surface area contributed by atoms with E-state index in [1.807, 2.05) is 12.1 Å². The summed E-state index contributed by atoms with van der Waals surface area (Å²) >= 11 is 5.97. The summed E-state index contributed by atoms with van der Waals surface area (Å²) in [7, 11) is 0. The van der Waals surface area contributed by atoms with Crippen LogP contribution >= 0.6 is 11.6 Å². The van der Waals surface area contributed by atoms with Gasteiger partial charge in [0.15, 0.2) is 0 Å². The molecule has 20 heavy (non-hydrogen) atoms. The number of nitrogens with two attached hydrogens (primary N) is 1. The Morgan fingerprint density at radius 3 is 2.45 bits per heavy atom. The molecule has 1 aliphatic carbocycles. The maximum atomic E-state index is 6.14. The van der Waals surface area contributed by atoms with Gasteiger partial charge in [0.2, 0.25) is 0 Å². The Labute approximate surface area is 128 Å². The number of benzene rings is 1. The third kappa shape index (κ3) is 4.21. The first kappa shape index (κ1) is 15.8. The molecule has 0 spiro atoms. The molecule has 0 bridgehead atoms. The van der Waals surface area contributed by atoms with Crippen LogP contribution in [-0.4, -0.2) is 30.1 Å². The number of rotatable bonds is 8. The second-order valence-corrected chi connectivity index (χ2v) is 6.83. The molecule has 0 aliphatic heterocycles. The van der Waals surface area contributed by atoms with Crippen LogP contribution < -0.4 is 5.73 Å². The topological polar surface area (TPSA) is 29.3 Å².